The van der Waals surface area contributed by atoms with Crippen molar-refractivity contribution >= 4 is 23.5 Å². The van der Waals surface area contributed by atoms with Crippen molar-refractivity contribution in [2.45, 2.75) is 20.3 Å². The smallest absolute Gasteiger partial charge is 0.0507 e. The van der Waals surface area contributed by atoms with E-state index in [9.17, 15) is 0 Å². The van der Waals surface area contributed by atoms with Gasteiger partial charge in [-0.15, -0.1) is 23.5 Å². The van der Waals surface area contributed by atoms with Gasteiger partial charge in [-0.25, -0.2) is 0 Å². The average Bonchev–Trinajstić information content (AvgIpc) is 2.79. The summed E-state index contributed by atoms with van der Waals surface area (Å²) in [4.78, 5) is 2.59. The van der Waals surface area contributed by atoms with Crippen LogP contribution in [-0.2, 0) is 0 Å². The van der Waals surface area contributed by atoms with Crippen LogP contribution in [-0.4, -0.2) is 0 Å². The first kappa shape index (κ1) is 18.9. The molecule has 0 N–H and O–H groups in total. The van der Waals surface area contributed by atoms with Crippen LogP contribution in [0.25, 0.3) is 0 Å². The third-order valence-corrected chi connectivity index (χ3v) is 7.40. The maximum Gasteiger partial charge on any atom is 0.0507 e. The minimum absolute atomic E-state index is 0.302. The van der Waals surface area contributed by atoms with Gasteiger partial charge in [-0.1, -0.05) is 97.1 Å². The zero-order chi connectivity index (χ0) is 19.0. The highest BCUT2D eigenvalue weighted by molar-refractivity contribution is 8.03. The van der Waals surface area contributed by atoms with Crippen molar-refractivity contribution in [2.75, 3.05) is 0 Å². The number of hydrogen-bond acceptors (Lipinski definition) is 2. The van der Waals surface area contributed by atoms with Crippen LogP contribution in [0.1, 0.15) is 21.6 Å². The summed E-state index contributed by atoms with van der Waals surface area (Å²) < 4.78 is 0. The van der Waals surface area contributed by atoms with Crippen molar-refractivity contribution in [2.24, 2.45) is 0 Å². The number of thioether (sulfide) groups is 2. The second kappa shape index (κ2) is 9.68. The largest absolute Gasteiger partial charge is 0.116 e. The minimum Gasteiger partial charge on any atom is -0.116 e. The van der Waals surface area contributed by atoms with E-state index in [-0.39, 0.29) is 0 Å². The van der Waals surface area contributed by atoms with Gasteiger partial charge < -0.3 is 0 Å². The molecular formula is C26H22S2. The van der Waals surface area contributed by atoms with E-state index in [1.54, 1.807) is 0 Å². The van der Waals surface area contributed by atoms with Crippen LogP contribution in [0.2, 0.25) is 0 Å². The van der Waals surface area contributed by atoms with Gasteiger partial charge >= 0.3 is 0 Å². The molecule has 0 saturated heterocycles. The highest BCUT2D eigenvalue weighted by atomic mass is 32.2. The molecule has 0 aliphatic rings. The number of rotatable bonds is 7. The van der Waals surface area contributed by atoms with E-state index in [0.29, 0.717) is 10.5 Å². The van der Waals surface area contributed by atoms with Crippen molar-refractivity contribution in [1.82, 2.24) is 0 Å². The average molecular weight is 399 g/mol. The Balaban J connectivity index is 1.76. The zero-order valence-corrected chi connectivity index (χ0v) is 17.2. The SMILES string of the molecule is c1ccc(S[C@H](c2ccccc2)[C@@H](Sc2ccccc2)c2ccccc2)cc1. The van der Waals surface area contributed by atoms with Gasteiger partial charge in [0.1, 0.15) is 0 Å². The normalized spacial score (nSPS) is 13.0. The van der Waals surface area contributed by atoms with E-state index in [4.69, 9.17) is 0 Å². The third-order valence-electron chi connectivity index (χ3n) is 4.54. The lowest BCUT2D eigenvalue weighted by molar-refractivity contribution is 0.903. The monoisotopic (exact) mass is 398 g/mol. The Labute approximate surface area is 176 Å². The van der Waals surface area contributed by atoms with Crippen molar-refractivity contribution in [1.29, 1.82) is 0 Å². The molecule has 4 rings (SSSR count). The summed E-state index contributed by atoms with van der Waals surface area (Å²) in [6, 6.07) is 43.2. The fourth-order valence-corrected chi connectivity index (χ4v) is 5.88. The molecule has 0 heterocycles. The lowest BCUT2D eigenvalue weighted by atomic mass is 10.0. The summed E-state index contributed by atoms with van der Waals surface area (Å²) in [5, 5.41) is 0.604. The summed E-state index contributed by atoms with van der Waals surface area (Å²) in [6.07, 6.45) is 0. The number of benzene rings is 4. The van der Waals surface area contributed by atoms with Crippen molar-refractivity contribution < 1.29 is 0 Å². The molecule has 0 aliphatic heterocycles. The summed E-state index contributed by atoms with van der Waals surface area (Å²) in [5.41, 5.74) is 2.71. The standard InChI is InChI=1S/C26H22S2/c1-5-13-21(14-6-1)25(27-23-17-9-3-10-18-23)26(22-15-7-2-8-16-22)28-24-19-11-4-12-20-24/h1-20,25-26H/t25-,26+. The molecule has 4 aromatic carbocycles. The molecule has 0 aliphatic carbocycles. The van der Waals surface area contributed by atoms with Crippen molar-refractivity contribution in [3.63, 3.8) is 0 Å². The summed E-state index contributed by atoms with van der Waals surface area (Å²) in [7, 11) is 0. The lowest BCUT2D eigenvalue weighted by Crippen LogP contribution is -2.06. The van der Waals surface area contributed by atoms with Gasteiger partial charge in [0.25, 0.3) is 0 Å². The summed E-state index contributed by atoms with van der Waals surface area (Å²) >= 11 is 3.89. The first-order valence-electron chi connectivity index (χ1n) is 9.43. The Kier molecular flexibility index (Phi) is 6.54. The summed E-state index contributed by atoms with van der Waals surface area (Å²) in [5.74, 6) is 0. The molecule has 0 saturated carbocycles. The minimum atomic E-state index is 0.302. The zero-order valence-electron chi connectivity index (χ0n) is 15.5. The highest BCUT2D eigenvalue weighted by Gasteiger charge is 2.27. The molecule has 0 aromatic heterocycles. The fourth-order valence-electron chi connectivity index (χ4n) is 3.19. The molecular weight excluding hydrogens is 376 g/mol. The molecule has 0 fully saturated rings. The first-order valence-corrected chi connectivity index (χ1v) is 11.2. The van der Waals surface area contributed by atoms with Crippen LogP contribution >= 0.6 is 23.5 Å². The topological polar surface area (TPSA) is 0 Å². The molecule has 2 atom stereocenters. The lowest BCUT2D eigenvalue weighted by Gasteiger charge is -2.27. The first-order chi connectivity index (χ1) is 13.9. The van der Waals surface area contributed by atoms with E-state index in [2.05, 4.69) is 121 Å². The van der Waals surface area contributed by atoms with E-state index in [1.807, 2.05) is 23.5 Å². The highest BCUT2D eigenvalue weighted by Crippen LogP contribution is 2.52. The van der Waals surface area contributed by atoms with Crippen LogP contribution in [0.4, 0.5) is 0 Å². The Hall–Kier alpha value is -2.42. The molecule has 0 nitrogen and oxygen atoms in total. The van der Waals surface area contributed by atoms with Crippen molar-refractivity contribution in [3.05, 3.63) is 132 Å². The second-order valence-electron chi connectivity index (χ2n) is 6.52. The fraction of sp³-hybridized carbons (Fsp3) is 0.0769. The predicted octanol–water partition coefficient (Wildman–Crippen LogP) is 8.05. The molecule has 0 spiro atoms. The van der Waals surface area contributed by atoms with Gasteiger partial charge in [-0.2, -0.15) is 0 Å². The quantitative estimate of drug-likeness (QED) is 0.289. The van der Waals surface area contributed by atoms with Crippen LogP contribution in [0.3, 0.4) is 0 Å². The molecule has 138 valence electrons. The van der Waals surface area contributed by atoms with Crippen LogP contribution in [0.5, 0.6) is 0 Å². The van der Waals surface area contributed by atoms with Gasteiger partial charge in [0.2, 0.25) is 0 Å². The van der Waals surface area contributed by atoms with Gasteiger partial charge in [-0.05, 0) is 35.4 Å². The van der Waals surface area contributed by atoms with Gasteiger partial charge in [0, 0.05) is 9.79 Å². The maximum absolute atomic E-state index is 2.25. The second-order valence-corrected chi connectivity index (χ2v) is 8.95. The summed E-state index contributed by atoms with van der Waals surface area (Å²) in [6.45, 7) is 0. The Morgan fingerprint density at radius 2 is 0.643 bits per heavy atom. The molecule has 0 unspecified atom stereocenters. The molecule has 28 heavy (non-hydrogen) atoms. The van der Waals surface area contributed by atoms with Crippen LogP contribution in [0, 0.1) is 0 Å². The van der Waals surface area contributed by atoms with Gasteiger partial charge in [0.05, 0.1) is 10.5 Å². The van der Waals surface area contributed by atoms with E-state index >= 15 is 0 Å². The van der Waals surface area contributed by atoms with Gasteiger partial charge in [0.15, 0.2) is 0 Å². The molecule has 0 bridgehead atoms. The molecule has 2 heteroatoms. The van der Waals surface area contributed by atoms with Crippen LogP contribution in [0.15, 0.2) is 131 Å². The maximum atomic E-state index is 2.25. The molecule has 0 amide bonds. The number of hydrogen-bond donors (Lipinski definition) is 0. The Morgan fingerprint density at radius 1 is 0.357 bits per heavy atom. The molecule has 4 aromatic rings. The third kappa shape index (κ3) is 4.89. The van der Waals surface area contributed by atoms with E-state index in [1.165, 1.54) is 20.9 Å². The van der Waals surface area contributed by atoms with Crippen molar-refractivity contribution in [3.8, 4) is 0 Å². The van der Waals surface area contributed by atoms with Crippen LogP contribution < -0.4 is 0 Å². The Morgan fingerprint density at radius 3 is 0.964 bits per heavy atom. The molecule has 0 radical (unpaired) electrons. The Bertz CT molecular complexity index is 871. The van der Waals surface area contributed by atoms with E-state index in [0.717, 1.165) is 0 Å². The predicted molar refractivity (Wildman–Crippen MR) is 123 cm³/mol. The van der Waals surface area contributed by atoms with Gasteiger partial charge in [-0.3, -0.25) is 0 Å². The van der Waals surface area contributed by atoms with E-state index < -0.39 is 0 Å².